The Balaban J connectivity index is 2.07. The van der Waals surface area contributed by atoms with Gasteiger partial charge in [0.2, 0.25) is 0 Å². The Bertz CT molecular complexity index is 591. The summed E-state index contributed by atoms with van der Waals surface area (Å²) in [4.78, 5) is 0. The van der Waals surface area contributed by atoms with Gasteiger partial charge in [0.05, 0.1) is 10.7 Å². The van der Waals surface area contributed by atoms with Gasteiger partial charge >= 0.3 is 0 Å². The zero-order chi connectivity index (χ0) is 13.8. The van der Waals surface area contributed by atoms with E-state index in [0.717, 1.165) is 11.4 Å². The molecule has 0 spiro atoms. The molecule has 0 aromatic heterocycles. The van der Waals surface area contributed by atoms with Crippen LogP contribution in [0, 0.1) is 13.8 Å². The summed E-state index contributed by atoms with van der Waals surface area (Å²) in [6, 6.07) is 13.7. The molecule has 2 aromatic carbocycles. The van der Waals surface area contributed by atoms with Gasteiger partial charge < -0.3 is 10.6 Å². The Hall–Kier alpha value is -1.58. The van der Waals surface area contributed by atoms with Gasteiger partial charge in [0, 0.05) is 5.69 Å². The fraction of sp³-hybridized carbons (Fsp3) is 0.133. The first-order chi connectivity index (χ1) is 9.04. The number of thiocarbonyl (C=S) groups is 1. The van der Waals surface area contributed by atoms with Crippen LogP contribution in [-0.4, -0.2) is 5.11 Å². The molecule has 0 unspecified atom stereocenters. The van der Waals surface area contributed by atoms with Crippen molar-refractivity contribution in [2.75, 3.05) is 10.6 Å². The molecule has 0 heterocycles. The molecule has 2 nitrogen and oxygen atoms in total. The highest BCUT2D eigenvalue weighted by molar-refractivity contribution is 7.80. The maximum absolute atomic E-state index is 6.07. The summed E-state index contributed by atoms with van der Waals surface area (Å²) in [5, 5.41) is 7.42. The third-order valence-electron chi connectivity index (χ3n) is 2.60. The maximum Gasteiger partial charge on any atom is 0.175 e. The smallest absolute Gasteiger partial charge is 0.175 e. The number of anilines is 2. The average Bonchev–Trinajstić information content (AvgIpc) is 2.30. The van der Waals surface area contributed by atoms with Crippen molar-refractivity contribution in [3.05, 3.63) is 58.6 Å². The number of nitrogens with one attached hydrogen (secondary N) is 2. The molecule has 0 saturated carbocycles. The molecule has 19 heavy (non-hydrogen) atoms. The standard InChI is InChI=1S/C15H15ClN2S/c1-10-7-11(2)9-12(8-10)17-15(19)18-14-6-4-3-5-13(14)16/h3-9H,1-2H3,(H2,17,18,19). The van der Waals surface area contributed by atoms with Crippen molar-refractivity contribution in [2.45, 2.75) is 13.8 Å². The van der Waals surface area contributed by atoms with Crippen molar-refractivity contribution in [2.24, 2.45) is 0 Å². The highest BCUT2D eigenvalue weighted by Gasteiger charge is 2.03. The monoisotopic (exact) mass is 290 g/mol. The molecule has 98 valence electrons. The van der Waals surface area contributed by atoms with E-state index in [2.05, 4.69) is 30.5 Å². The van der Waals surface area contributed by atoms with Crippen LogP contribution < -0.4 is 10.6 Å². The number of aryl methyl sites for hydroxylation is 2. The normalized spacial score (nSPS) is 10.1. The Morgan fingerprint density at radius 3 is 2.26 bits per heavy atom. The van der Waals surface area contributed by atoms with Crippen molar-refractivity contribution in [3.8, 4) is 0 Å². The van der Waals surface area contributed by atoms with E-state index >= 15 is 0 Å². The molecule has 0 radical (unpaired) electrons. The van der Waals surface area contributed by atoms with Crippen molar-refractivity contribution in [1.82, 2.24) is 0 Å². The summed E-state index contributed by atoms with van der Waals surface area (Å²) >= 11 is 11.4. The first kappa shape index (κ1) is 13.8. The minimum Gasteiger partial charge on any atom is -0.332 e. The number of hydrogen-bond acceptors (Lipinski definition) is 1. The van der Waals surface area contributed by atoms with Gasteiger partial charge in [0.15, 0.2) is 5.11 Å². The molecule has 4 heteroatoms. The van der Waals surface area contributed by atoms with Gasteiger partial charge in [-0.15, -0.1) is 0 Å². The van der Waals surface area contributed by atoms with Crippen LogP contribution >= 0.6 is 23.8 Å². The van der Waals surface area contributed by atoms with Gasteiger partial charge in [0.1, 0.15) is 0 Å². The van der Waals surface area contributed by atoms with E-state index in [1.54, 1.807) is 0 Å². The Labute approximate surface area is 123 Å². The summed E-state index contributed by atoms with van der Waals surface area (Å²) in [7, 11) is 0. The molecule has 2 aromatic rings. The lowest BCUT2D eigenvalue weighted by atomic mass is 10.1. The second-order valence-electron chi connectivity index (χ2n) is 4.44. The quantitative estimate of drug-likeness (QED) is 0.779. The number of benzene rings is 2. The molecular formula is C15H15ClN2S. The molecule has 0 aliphatic heterocycles. The fourth-order valence-electron chi connectivity index (χ4n) is 1.89. The van der Waals surface area contributed by atoms with Crippen molar-refractivity contribution in [1.29, 1.82) is 0 Å². The molecule has 0 atom stereocenters. The van der Waals surface area contributed by atoms with Crippen LogP contribution in [0.5, 0.6) is 0 Å². The van der Waals surface area contributed by atoms with Crippen LogP contribution in [0.2, 0.25) is 5.02 Å². The van der Waals surface area contributed by atoms with Crippen molar-refractivity contribution < 1.29 is 0 Å². The van der Waals surface area contributed by atoms with Crippen LogP contribution in [0.4, 0.5) is 11.4 Å². The minimum atomic E-state index is 0.526. The van der Waals surface area contributed by atoms with E-state index in [1.165, 1.54) is 11.1 Å². The number of rotatable bonds is 2. The first-order valence-corrected chi connectivity index (χ1v) is 6.74. The van der Waals surface area contributed by atoms with E-state index in [4.69, 9.17) is 23.8 Å². The van der Waals surface area contributed by atoms with E-state index in [1.807, 2.05) is 36.4 Å². The molecule has 0 bridgehead atoms. The Morgan fingerprint density at radius 1 is 1.00 bits per heavy atom. The summed E-state index contributed by atoms with van der Waals surface area (Å²) in [5.74, 6) is 0. The molecule has 0 aliphatic carbocycles. The fourth-order valence-corrected chi connectivity index (χ4v) is 2.30. The van der Waals surface area contributed by atoms with Crippen molar-refractivity contribution in [3.63, 3.8) is 0 Å². The first-order valence-electron chi connectivity index (χ1n) is 5.95. The summed E-state index contributed by atoms with van der Waals surface area (Å²) < 4.78 is 0. The topological polar surface area (TPSA) is 24.1 Å². The molecule has 2 N–H and O–H groups in total. The van der Waals surface area contributed by atoms with E-state index in [0.29, 0.717) is 10.1 Å². The Kier molecular flexibility index (Phi) is 4.40. The molecule has 0 saturated heterocycles. The molecule has 0 fully saturated rings. The predicted molar refractivity (Wildman–Crippen MR) is 87.2 cm³/mol. The van der Waals surface area contributed by atoms with Crippen LogP contribution in [0.15, 0.2) is 42.5 Å². The van der Waals surface area contributed by atoms with Gasteiger partial charge in [-0.2, -0.15) is 0 Å². The highest BCUT2D eigenvalue weighted by Crippen LogP contribution is 2.21. The third kappa shape index (κ3) is 3.94. The largest absolute Gasteiger partial charge is 0.332 e. The minimum absolute atomic E-state index is 0.526. The second-order valence-corrected chi connectivity index (χ2v) is 5.25. The van der Waals surface area contributed by atoms with E-state index in [-0.39, 0.29) is 0 Å². The third-order valence-corrected chi connectivity index (χ3v) is 3.14. The highest BCUT2D eigenvalue weighted by atomic mass is 35.5. The molecule has 2 rings (SSSR count). The van der Waals surface area contributed by atoms with Crippen LogP contribution in [-0.2, 0) is 0 Å². The summed E-state index contributed by atoms with van der Waals surface area (Å²) in [6.07, 6.45) is 0. The SMILES string of the molecule is Cc1cc(C)cc(NC(=S)Nc2ccccc2Cl)c1. The summed E-state index contributed by atoms with van der Waals surface area (Å²) in [5.41, 5.74) is 4.17. The van der Waals surface area contributed by atoms with Crippen LogP contribution in [0.1, 0.15) is 11.1 Å². The molecule has 0 aliphatic rings. The molecular weight excluding hydrogens is 276 g/mol. The predicted octanol–water partition coefficient (Wildman–Crippen LogP) is 4.77. The Morgan fingerprint density at radius 2 is 1.63 bits per heavy atom. The molecule has 0 amide bonds. The van der Waals surface area contributed by atoms with E-state index in [9.17, 15) is 0 Å². The van der Waals surface area contributed by atoms with E-state index < -0.39 is 0 Å². The maximum atomic E-state index is 6.07. The van der Waals surface area contributed by atoms with Gasteiger partial charge in [-0.3, -0.25) is 0 Å². The van der Waals surface area contributed by atoms with Gasteiger partial charge in [-0.1, -0.05) is 29.8 Å². The zero-order valence-corrected chi connectivity index (χ0v) is 12.4. The number of hydrogen-bond donors (Lipinski definition) is 2. The van der Waals surface area contributed by atoms with Crippen LogP contribution in [0.3, 0.4) is 0 Å². The average molecular weight is 291 g/mol. The number of para-hydroxylation sites is 1. The second kappa shape index (κ2) is 6.04. The summed E-state index contributed by atoms with van der Waals surface area (Å²) in [6.45, 7) is 4.12. The van der Waals surface area contributed by atoms with Gasteiger partial charge in [-0.25, -0.2) is 0 Å². The number of halogens is 1. The lowest BCUT2D eigenvalue weighted by Gasteiger charge is -2.12. The lowest BCUT2D eigenvalue weighted by Crippen LogP contribution is -2.19. The van der Waals surface area contributed by atoms with Gasteiger partial charge in [-0.05, 0) is 61.5 Å². The van der Waals surface area contributed by atoms with Crippen molar-refractivity contribution >= 4 is 40.3 Å². The zero-order valence-electron chi connectivity index (χ0n) is 10.8. The van der Waals surface area contributed by atoms with Gasteiger partial charge in [0.25, 0.3) is 0 Å². The van der Waals surface area contributed by atoms with Crippen LogP contribution in [0.25, 0.3) is 0 Å². The lowest BCUT2D eigenvalue weighted by molar-refractivity contribution is 1.38.